The number of hydrogen-bond donors (Lipinski definition) is 3. The van der Waals surface area contributed by atoms with Crippen LogP contribution in [0.3, 0.4) is 0 Å². The van der Waals surface area contributed by atoms with Crippen LogP contribution < -0.4 is 15.4 Å². The zero-order valence-corrected chi connectivity index (χ0v) is 18.9. The van der Waals surface area contributed by atoms with Crippen LogP contribution in [0.2, 0.25) is 0 Å². The van der Waals surface area contributed by atoms with Gasteiger partial charge in [0.1, 0.15) is 6.04 Å². The lowest BCUT2D eigenvalue weighted by Crippen LogP contribution is -2.48. The summed E-state index contributed by atoms with van der Waals surface area (Å²) >= 11 is 0. The van der Waals surface area contributed by atoms with Crippen LogP contribution in [0.5, 0.6) is 11.5 Å². The molecule has 0 aromatic heterocycles. The van der Waals surface area contributed by atoms with Gasteiger partial charge in [-0.05, 0) is 34.9 Å². The summed E-state index contributed by atoms with van der Waals surface area (Å²) in [5.41, 5.74) is 0.951. The summed E-state index contributed by atoms with van der Waals surface area (Å²) in [5.74, 6) is -1.77. The van der Waals surface area contributed by atoms with E-state index in [1.807, 2.05) is 30.3 Å². The van der Waals surface area contributed by atoms with Crippen LogP contribution in [0.1, 0.15) is 16.7 Å². The maximum Gasteiger partial charge on any atom is 0.305 e. The van der Waals surface area contributed by atoms with Gasteiger partial charge in [0, 0.05) is 19.0 Å². The number of nitro benzene ring substituents is 1. The minimum absolute atomic E-state index is 0.0678. The van der Waals surface area contributed by atoms with Gasteiger partial charge in [0.15, 0.2) is 11.5 Å². The van der Waals surface area contributed by atoms with E-state index in [4.69, 9.17) is 4.74 Å². The third kappa shape index (κ3) is 7.00. The van der Waals surface area contributed by atoms with Crippen molar-refractivity contribution in [1.82, 2.24) is 10.6 Å². The zero-order chi connectivity index (χ0) is 25.4. The molecule has 0 aliphatic carbocycles. The predicted molar refractivity (Wildman–Crippen MR) is 125 cm³/mol. The lowest BCUT2D eigenvalue weighted by atomic mass is 10.0. The molecule has 3 aromatic carbocycles. The van der Waals surface area contributed by atoms with E-state index < -0.39 is 34.3 Å². The SMILES string of the molecule is COc1ccc(CNC(=O)[C@@H](Cc2ccccc2)NC(=O)Cc2ccc(F)c([N+](=O)[O-])c2)cc1O. The fourth-order valence-electron chi connectivity index (χ4n) is 3.46. The smallest absolute Gasteiger partial charge is 0.305 e. The van der Waals surface area contributed by atoms with Crippen LogP contribution in [0.15, 0.2) is 66.7 Å². The molecule has 35 heavy (non-hydrogen) atoms. The summed E-state index contributed by atoms with van der Waals surface area (Å²) in [7, 11) is 1.43. The predicted octanol–water partition coefficient (Wildman–Crippen LogP) is 3.03. The standard InChI is InChI=1S/C25H24FN3O6/c1-35-23-10-8-18(13-22(23)30)15-27-25(32)20(11-16-5-3-2-4-6-16)28-24(31)14-17-7-9-19(26)21(12-17)29(33)34/h2-10,12-13,20,30H,11,14-15H2,1H3,(H,27,32)(H,28,31)/t20-/m1/s1. The van der Waals surface area contributed by atoms with E-state index >= 15 is 0 Å². The van der Waals surface area contributed by atoms with Crippen molar-refractivity contribution in [2.75, 3.05) is 7.11 Å². The van der Waals surface area contributed by atoms with Gasteiger partial charge in [-0.15, -0.1) is 0 Å². The van der Waals surface area contributed by atoms with Gasteiger partial charge in [0.25, 0.3) is 0 Å². The summed E-state index contributed by atoms with van der Waals surface area (Å²) in [4.78, 5) is 35.7. The van der Waals surface area contributed by atoms with Gasteiger partial charge in [-0.25, -0.2) is 0 Å². The van der Waals surface area contributed by atoms with Crippen LogP contribution in [0.25, 0.3) is 0 Å². The summed E-state index contributed by atoms with van der Waals surface area (Å²) in [6.07, 6.45) is -0.0676. The molecule has 3 rings (SSSR count). The summed E-state index contributed by atoms with van der Waals surface area (Å²) in [6, 6.07) is 16.1. The number of phenols is 1. The molecule has 3 aromatic rings. The van der Waals surface area contributed by atoms with E-state index in [9.17, 15) is 29.2 Å². The molecule has 2 amide bonds. The van der Waals surface area contributed by atoms with Crippen LogP contribution in [-0.2, 0) is 29.0 Å². The Morgan fingerprint density at radius 3 is 2.43 bits per heavy atom. The number of nitro groups is 1. The number of carbonyl (C=O) groups is 2. The molecule has 0 radical (unpaired) electrons. The van der Waals surface area contributed by atoms with E-state index in [1.165, 1.54) is 19.2 Å². The molecular formula is C25H24FN3O6. The van der Waals surface area contributed by atoms with E-state index in [0.717, 1.165) is 17.7 Å². The highest BCUT2D eigenvalue weighted by atomic mass is 19.1. The van der Waals surface area contributed by atoms with Crippen LogP contribution in [0, 0.1) is 15.9 Å². The number of ether oxygens (including phenoxy) is 1. The molecule has 0 saturated heterocycles. The Kier molecular flexibility index (Phi) is 8.33. The second kappa shape index (κ2) is 11.6. The Labute approximate surface area is 200 Å². The van der Waals surface area contributed by atoms with Crippen molar-refractivity contribution >= 4 is 17.5 Å². The van der Waals surface area contributed by atoms with Crippen molar-refractivity contribution in [2.45, 2.75) is 25.4 Å². The van der Waals surface area contributed by atoms with Crippen molar-refractivity contribution in [2.24, 2.45) is 0 Å². The zero-order valence-electron chi connectivity index (χ0n) is 18.9. The van der Waals surface area contributed by atoms with Gasteiger partial charge in [-0.3, -0.25) is 19.7 Å². The molecule has 0 spiro atoms. The third-order valence-corrected chi connectivity index (χ3v) is 5.22. The highest BCUT2D eigenvalue weighted by Crippen LogP contribution is 2.26. The highest BCUT2D eigenvalue weighted by molar-refractivity contribution is 5.88. The summed E-state index contributed by atoms with van der Waals surface area (Å²) < 4.78 is 18.6. The molecule has 3 N–H and O–H groups in total. The number of hydrogen-bond acceptors (Lipinski definition) is 6. The van der Waals surface area contributed by atoms with Crippen molar-refractivity contribution in [3.8, 4) is 11.5 Å². The van der Waals surface area contributed by atoms with E-state index in [0.29, 0.717) is 11.3 Å². The summed E-state index contributed by atoms with van der Waals surface area (Å²) in [5, 5.41) is 26.3. The fourth-order valence-corrected chi connectivity index (χ4v) is 3.46. The minimum Gasteiger partial charge on any atom is -0.504 e. The topological polar surface area (TPSA) is 131 Å². The molecule has 0 aliphatic rings. The van der Waals surface area contributed by atoms with Crippen molar-refractivity contribution in [3.05, 3.63) is 99.4 Å². The normalized spacial score (nSPS) is 11.4. The Balaban J connectivity index is 1.71. The number of aromatic hydroxyl groups is 1. The number of nitrogens with one attached hydrogen (secondary N) is 2. The number of halogens is 1. The fraction of sp³-hybridized carbons (Fsp3) is 0.200. The lowest BCUT2D eigenvalue weighted by Gasteiger charge is -2.19. The molecule has 1 atom stereocenters. The molecule has 9 nitrogen and oxygen atoms in total. The van der Waals surface area contributed by atoms with Gasteiger partial charge in [0.2, 0.25) is 17.6 Å². The first kappa shape index (κ1) is 25.2. The first-order chi connectivity index (χ1) is 16.8. The van der Waals surface area contributed by atoms with Crippen molar-refractivity contribution < 1.29 is 28.7 Å². The maximum atomic E-state index is 13.6. The molecule has 182 valence electrons. The van der Waals surface area contributed by atoms with Gasteiger partial charge in [-0.2, -0.15) is 4.39 Å². The largest absolute Gasteiger partial charge is 0.504 e. The van der Waals surface area contributed by atoms with Gasteiger partial charge < -0.3 is 20.5 Å². The number of phenolic OH excluding ortho intramolecular Hbond substituents is 1. The second-order valence-corrected chi connectivity index (χ2v) is 7.75. The second-order valence-electron chi connectivity index (χ2n) is 7.75. The third-order valence-electron chi connectivity index (χ3n) is 5.22. The molecule has 0 bridgehead atoms. The molecule has 0 aliphatic heterocycles. The highest BCUT2D eigenvalue weighted by Gasteiger charge is 2.22. The molecule has 0 saturated carbocycles. The first-order valence-corrected chi connectivity index (χ1v) is 10.7. The monoisotopic (exact) mass is 481 g/mol. The Hall–Kier alpha value is -4.47. The Morgan fingerprint density at radius 2 is 1.77 bits per heavy atom. The Bertz CT molecular complexity index is 1220. The van der Waals surface area contributed by atoms with E-state index in [1.54, 1.807) is 12.1 Å². The average Bonchev–Trinajstić information content (AvgIpc) is 2.84. The molecular weight excluding hydrogens is 457 g/mol. The number of carbonyl (C=O) groups excluding carboxylic acids is 2. The van der Waals surface area contributed by atoms with Gasteiger partial charge in [0.05, 0.1) is 18.5 Å². The van der Waals surface area contributed by atoms with Crippen LogP contribution in [-0.4, -0.2) is 35.0 Å². The number of rotatable bonds is 10. The van der Waals surface area contributed by atoms with Crippen LogP contribution in [0.4, 0.5) is 10.1 Å². The number of amides is 2. The molecule has 0 fully saturated rings. The van der Waals surface area contributed by atoms with E-state index in [-0.39, 0.29) is 30.7 Å². The minimum atomic E-state index is -0.995. The number of methoxy groups -OCH3 is 1. The van der Waals surface area contributed by atoms with Crippen LogP contribution >= 0.6 is 0 Å². The maximum absolute atomic E-state index is 13.6. The molecule has 0 unspecified atom stereocenters. The van der Waals surface area contributed by atoms with Gasteiger partial charge in [-0.1, -0.05) is 42.5 Å². The quantitative estimate of drug-likeness (QED) is 0.301. The van der Waals surface area contributed by atoms with Crippen molar-refractivity contribution in [1.29, 1.82) is 0 Å². The molecule has 10 heteroatoms. The first-order valence-electron chi connectivity index (χ1n) is 10.7. The van der Waals surface area contributed by atoms with E-state index in [2.05, 4.69) is 10.6 Å². The average molecular weight is 481 g/mol. The van der Waals surface area contributed by atoms with Crippen molar-refractivity contribution in [3.63, 3.8) is 0 Å². The lowest BCUT2D eigenvalue weighted by molar-refractivity contribution is -0.387. The number of benzene rings is 3. The summed E-state index contributed by atoms with van der Waals surface area (Å²) in [6.45, 7) is 0.0989. The van der Waals surface area contributed by atoms with Gasteiger partial charge >= 0.3 is 5.69 Å². The number of nitrogens with zero attached hydrogens (tertiary/aromatic N) is 1. The molecule has 0 heterocycles. The Morgan fingerprint density at radius 1 is 1.06 bits per heavy atom.